The highest BCUT2D eigenvalue weighted by atomic mass is 16.5. The molecule has 0 bridgehead atoms. The zero-order valence-corrected chi connectivity index (χ0v) is 19.8. The molecule has 0 aliphatic carbocycles. The number of aromatic nitrogens is 6. The first kappa shape index (κ1) is 23.4. The van der Waals surface area contributed by atoms with Crippen molar-refractivity contribution in [2.45, 2.75) is 6.23 Å². The number of pyridine rings is 2. The second-order valence-electron chi connectivity index (χ2n) is 8.19. The number of imidazole rings is 1. The highest BCUT2D eigenvalue weighted by molar-refractivity contribution is 5.93. The molecule has 0 spiro atoms. The van der Waals surface area contributed by atoms with Gasteiger partial charge in [0.1, 0.15) is 35.0 Å². The van der Waals surface area contributed by atoms with Crippen LogP contribution >= 0.6 is 0 Å². The van der Waals surface area contributed by atoms with Gasteiger partial charge < -0.3 is 35.7 Å². The number of rotatable bonds is 6. The minimum absolute atomic E-state index is 0.118. The Morgan fingerprint density at radius 1 is 1.17 bits per heavy atom. The van der Waals surface area contributed by atoms with Crippen molar-refractivity contribution in [3.63, 3.8) is 0 Å². The van der Waals surface area contributed by atoms with E-state index in [0.29, 0.717) is 66.0 Å². The SMILES string of the molecule is CNc1nc(Nc2cnc(N3CCOCC3)c(C#N)c2)c(C(N)O)nc1-c1cncc2c1ncn2C. The average Bonchev–Trinajstić information content (AvgIpc) is 3.29. The molecule has 13 heteroatoms. The van der Waals surface area contributed by atoms with Gasteiger partial charge in [-0.1, -0.05) is 0 Å². The molecule has 4 aromatic heterocycles. The van der Waals surface area contributed by atoms with Crippen LogP contribution in [-0.2, 0) is 11.8 Å². The molecule has 13 nitrogen and oxygen atoms in total. The van der Waals surface area contributed by atoms with Gasteiger partial charge in [0.2, 0.25) is 0 Å². The highest BCUT2D eigenvalue weighted by Crippen LogP contribution is 2.33. The molecule has 4 aromatic rings. The van der Waals surface area contributed by atoms with Crippen molar-refractivity contribution in [2.24, 2.45) is 12.8 Å². The van der Waals surface area contributed by atoms with Gasteiger partial charge in [0.15, 0.2) is 11.6 Å². The van der Waals surface area contributed by atoms with Crippen LogP contribution in [-0.4, -0.2) is 67.9 Å². The number of morpholine rings is 1. The zero-order chi connectivity index (χ0) is 25.2. The van der Waals surface area contributed by atoms with E-state index in [0.717, 1.165) is 5.52 Å². The molecule has 36 heavy (non-hydrogen) atoms. The van der Waals surface area contributed by atoms with Crippen LogP contribution in [0, 0.1) is 11.3 Å². The maximum atomic E-state index is 10.3. The fourth-order valence-electron chi connectivity index (χ4n) is 4.10. The Hall–Kier alpha value is -4.38. The van der Waals surface area contributed by atoms with Crippen molar-refractivity contribution in [3.8, 4) is 17.3 Å². The summed E-state index contributed by atoms with van der Waals surface area (Å²) in [5.74, 6) is 1.25. The summed E-state index contributed by atoms with van der Waals surface area (Å²) < 4.78 is 7.25. The third-order valence-corrected chi connectivity index (χ3v) is 5.89. The maximum Gasteiger partial charge on any atom is 0.158 e. The van der Waals surface area contributed by atoms with Crippen molar-refractivity contribution in [3.05, 3.63) is 42.2 Å². The van der Waals surface area contributed by atoms with E-state index in [2.05, 4.69) is 41.6 Å². The summed E-state index contributed by atoms with van der Waals surface area (Å²) in [6.45, 7) is 2.49. The van der Waals surface area contributed by atoms with Crippen LogP contribution < -0.4 is 21.3 Å². The Labute approximate surface area is 206 Å². The van der Waals surface area contributed by atoms with E-state index in [9.17, 15) is 10.4 Å². The van der Waals surface area contributed by atoms with Crippen molar-refractivity contribution < 1.29 is 9.84 Å². The van der Waals surface area contributed by atoms with Crippen LogP contribution in [0.1, 0.15) is 17.5 Å². The molecule has 1 saturated heterocycles. The molecule has 5 heterocycles. The number of aliphatic hydroxyl groups excluding tert-OH is 1. The minimum Gasteiger partial charge on any atom is -0.378 e. The lowest BCUT2D eigenvalue weighted by Gasteiger charge is -2.28. The molecule has 1 fully saturated rings. The molecule has 1 atom stereocenters. The van der Waals surface area contributed by atoms with Crippen molar-refractivity contribution >= 4 is 34.2 Å². The first-order chi connectivity index (χ1) is 17.5. The second-order valence-corrected chi connectivity index (χ2v) is 8.19. The van der Waals surface area contributed by atoms with Crippen LogP contribution in [0.15, 0.2) is 31.0 Å². The molecule has 0 amide bonds. The maximum absolute atomic E-state index is 10.3. The fourth-order valence-corrected chi connectivity index (χ4v) is 4.10. The van der Waals surface area contributed by atoms with Crippen LogP contribution in [0.25, 0.3) is 22.3 Å². The van der Waals surface area contributed by atoms with E-state index in [4.69, 9.17) is 10.5 Å². The number of hydrogen-bond donors (Lipinski definition) is 4. The van der Waals surface area contributed by atoms with Crippen molar-refractivity contribution in [2.75, 3.05) is 48.9 Å². The molecule has 5 N–H and O–H groups in total. The number of hydrogen-bond acceptors (Lipinski definition) is 12. The van der Waals surface area contributed by atoms with Gasteiger partial charge in [-0.3, -0.25) is 4.98 Å². The van der Waals surface area contributed by atoms with Crippen LogP contribution in [0.4, 0.5) is 23.1 Å². The first-order valence-corrected chi connectivity index (χ1v) is 11.3. The summed E-state index contributed by atoms with van der Waals surface area (Å²) in [6.07, 6.45) is 5.24. The second kappa shape index (κ2) is 9.70. The molecule has 0 saturated carbocycles. The van der Waals surface area contributed by atoms with E-state index in [1.54, 1.807) is 38.0 Å². The van der Waals surface area contributed by atoms with Crippen molar-refractivity contribution in [1.29, 1.82) is 5.26 Å². The van der Waals surface area contributed by atoms with Gasteiger partial charge in [-0.05, 0) is 6.07 Å². The smallest absolute Gasteiger partial charge is 0.158 e. The lowest BCUT2D eigenvalue weighted by Crippen LogP contribution is -2.37. The van der Waals surface area contributed by atoms with E-state index < -0.39 is 6.23 Å². The van der Waals surface area contributed by atoms with Gasteiger partial charge in [-0.25, -0.2) is 19.9 Å². The summed E-state index contributed by atoms with van der Waals surface area (Å²) in [5.41, 5.74) is 9.50. The summed E-state index contributed by atoms with van der Waals surface area (Å²) in [4.78, 5) is 24.6. The predicted molar refractivity (Wildman–Crippen MR) is 133 cm³/mol. The number of anilines is 4. The zero-order valence-electron chi connectivity index (χ0n) is 19.8. The van der Waals surface area contributed by atoms with Crippen LogP contribution in [0.2, 0.25) is 0 Å². The standard InChI is InChI=1S/C23H25N11O2/c1-26-21-18(15-10-27-11-16-17(15)29-12-33(16)2)31-19(20(25)35)22(32-21)30-14-7-13(8-24)23(28-9-14)34-3-5-36-6-4-34/h7,9-12,20,35H,3-6,25H2,1-2H3,(H2,26,30,32). The van der Waals surface area contributed by atoms with E-state index in [1.165, 1.54) is 0 Å². The van der Waals surface area contributed by atoms with Gasteiger partial charge in [0.05, 0.1) is 54.3 Å². The van der Waals surface area contributed by atoms with E-state index >= 15 is 0 Å². The van der Waals surface area contributed by atoms with Gasteiger partial charge in [0.25, 0.3) is 0 Å². The molecular formula is C23H25N11O2. The Kier molecular flexibility index (Phi) is 6.30. The lowest BCUT2D eigenvalue weighted by atomic mass is 10.1. The topological polar surface area (TPSA) is 176 Å². The van der Waals surface area contributed by atoms with Gasteiger partial charge in [0, 0.05) is 33.4 Å². The molecular weight excluding hydrogens is 462 g/mol. The monoisotopic (exact) mass is 487 g/mol. The third-order valence-electron chi connectivity index (χ3n) is 5.89. The highest BCUT2D eigenvalue weighted by Gasteiger charge is 2.22. The number of fused-ring (bicyclic) bond motifs is 1. The molecule has 0 radical (unpaired) electrons. The Morgan fingerprint density at radius 2 is 1.97 bits per heavy atom. The number of nitrogens with one attached hydrogen (secondary N) is 2. The molecule has 1 aliphatic heterocycles. The number of aryl methyl sites for hydroxylation is 1. The summed E-state index contributed by atoms with van der Waals surface area (Å²) in [7, 11) is 3.59. The molecule has 0 aromatic carbocycles. The molecule has 1 unspecified atom stereocenters. The summed E-state index contributed by atoms with van der Waals surface area (Å²) in [6, 6.07) is 3.88. The Balaban J connectivity index is 1.55. The third kappa shape index (κ3) is 4.24. The van der Waals surface area contributed by atoms with Crippen LogP contribution in [0.3, 0.4) is 0 Å². The molecule has 184 valence electrons. The fraction of sp³-hybridized carbons (Fsp3) is 0.304. The first-order valence-electron chi connectivity index (χ1n) is 11.3. The lowest BCUT2D eigenvalue weighted by molar-refractivity contribution is 0.122. The number of ether oxygens (including phenoxy) is 1. The minimum atomic E-state index is -1.42. The largest absolute Gasteiger partial charge is 0.378 e. The molecule has 1 aliphatic rings. The Morgan fingerprint density at radius 3 is 2.69 bits per heavy atom. The molecule has 5 rings (SSSR count). The van der Waals surface area contributed by atoms with E-state index in [1.807, 2.05) is 16.5 Å². The average molecular weight is 488 g/mol. The normalized spacial score (nSPS) is 14.5. The predicted octanol–water partition coefficient (Wildman–Crippen LogP) is 1.26. The van der Waals surface area contributed by atoms with Gasteiger partial charge >= 0.3 is 0 Å². The number of nitrogens with zero attached hydrogens (tertiary/aromatic N) is 8. The van der Waals surface area contributed by atoms with Gasteiger partial charge in [-0.2, -0.15) is 5.26 Å². The van der Waals surface area contributed by atoms with Crippen molar-refractivity contribution in [1.82, 2.24) is 29.5 Å². The van der Waals surface area contributed by atoms with Gasteiger partial charge in [-0.15, -0.1) is 0 Å². The number of aliphatic hydroxyl groups is 1. The number of nitrogens with two attached hydrogens (primary N) is 1. The Bertz CT molecular complexity index is 1450. The quantitative estimate of drug-likeness (QED) is 0.287. The van der Waals surface area contributed by atoms with E-state index in [-0.39, 0.29) is 11.5 Å². The number of nitriles is 1. The summed E-state index contributed by atoms with van der Waals surface area (Å²) >= 11 is 0. The summed E-state index contributed by atoms with van der Waals surface area (Å²) in [5, 5.41) is 26.2. The van der Waals surface area contributed by atoms with Crippen LogP contribution in [0.5, 0.6) is 0 Å².